The van der Waals surface area contributed by atoms with Crippen molar-refractivity contribution in [3.63, 3.8) is 0 Å². The number of hydrogen-bond acceptors (Lipinski definition) is 13. The van der Waals surface area contributed by atoms with Crippen LogP contribution < -0.4 is 43.0 Å². The molecule has 3 rings (SSSR count). The number of benzene rings is 1. The van der Waals surface area contributed by atoms with Gasteiger partial charge in [0.15, 0.2) is 0 Å². The Morgan fingerprint density at radius 1 is 0.612 bits per heavy atom. The zero-order chi connectivity index (χ0) is 50.0. The van der Waals surface area contributed by atoms with E-state index in [9.17, 15) is 63.6 Å². The van der Waals surface area contributed by atoms with Crippen LogP contribution in [0.1, 0.15) is 71.6 Å². The van der Waals surface area contributed by atoms with E-state index in [-0.39, 0.29) is 37.5 Å². The first-order valence-corrected chi connectivity index (χ1v) is 21.7. The average Bonchev–Trinajstić information content (AvgIpc) is 3.94. The molecule has 0 spiro atoms. The van der Waals surface area contributed by atoms with Crippen molar-refractivity contribution >= 4 is 64.2 Å². The van der Waals surface area contributed by atoms with Crippen LogP contribution in [-0.2, 0) is 56.0 Å². The number of aromatic nitrogens is 3. The van der Waals surface area contributed by atoms with E-state index in [1.807, 2.05) is 0 Å². The predicted molar refractivity (Wildman–Crippen MR) is 239 cm³/mol. The zero-order valence-electron chi connectivity index (χ0n) is 38.0. The van der Waals surface area contributed by atoms with Crippen molar-refractivity contribution in [1.29, 1.82) is 0 Å². The molecule has 2 aromatic heterocycles. The van der Waals surface area contributed by atoms with Crippen LogP contribution in [0.5, 0.6) is 0 Å². The molecule has 0 radical (unpaired) electrons. The molecule has 0 saturated carbocycles. The number of nitrogens with zero attached hydrogens (tertiary/aromatic N) is 1. The van der Waals surface area contributed by atoms with Gasteiger partial charge in [-0.15, -0.1) is 0 Å². The van der Waals surface area contributed by atoms with Crippen LogP contribution in [0.3, 0.4) is 0 Å². The molecule has 0 bridgehead atoms. The Morgan fingerprint density at radius 2 is 1.12 bits per heavy atom. The highest BCUT2D eigenvalue weighted by Gasteiger charge is 2.34. The highest BCUT2D eigenvalue weighted by molar-refractivity contribution is 5.98. The Kier molecular flexibility index (Phi) is 21.3. The number of nitrogens with one attached hydrogen (secondary N) is 9. The maximum Gasteiger partial charge on any atom is 0.326 e. The van der Waals surface area contributed by atoms with Gasteiger partial charge in [-0.2, -0.15) is 0 Å². The van der Waals surface area contributed by atoms with E-state index in [4.69, 9.17) is 5.73 Å². The lowest BCUT2D eigenvalue weighted by molar-refractivity contribution is -0.143. The van der Waals surface area contributed by atoms with Gasteiger partial charge in [-0.1, -0.05) is 45.9 Å². The molecule has 24 nitrogen and oxygen atoms in total. The van der Waals surface area contributed by atoms with E-state index in [0.717, 1.165) is 10.9 Å². The number of carboxylic acids is 2. The Labute approximate surface area is 385 Å². The molecule has 3 aromatic rings. The number of aliphatic hydroxyl groups excluding tert-OH is 2. The molecule has 24 heteroatoms. The molecule has 67 heavy (non-hydrogen) atoms. The normalized spacial score (nSPS) is 14.9. The summed E-state index contributed by atoms with van der Waals surface area (Å²) in [7, 11) is 0. The lowest BCUT2D eigenvalue weighted by atomic mass is 10.0. The number of aliphatic carboxylic acids is 2. The Balaban J connectivity index is 1.72. The second-order valence-corrected chi connectivity index (χ2v) is 16.9. The second-order valence-electron chi connectivity index (χ2n) is 16.9. The monoisotopic (exact) mass is 941 g/mol. The third-order valence-electron chi connectivity index (χ3n) is 10.4. The fourth-order valence-corrected chi connectivity index (χ4v) is 6.82. The van der Waals surface area contributed by atoms with Gasteiger partial charge < -0.3 is 73.3 Å². The van der Waals surface area contributed by atoms with Crippen LogP contribution in [0, 0.1) is 11.8 Å². The summed E-state index contributed by atoms with van der Waals surface area (Å²) >= 11 is 0. The number of para-hydroxylation sites is 1. The van der Waals surface area contributed by atoms with Crippen molar-refractivity contribution in [3.8, 4) is 0 Å². The first-order chi connectivity index (χ1) is 31.6. The van der Waals surface area contributed by atoms with Crippen molar-refractivity contribution in [2.45, 2.75) is 121 Å². The summed E-state index contributed by atoms with van der Waals surface area (Å²) in [5.74, 6) is -9.52. The number of aliphatic hydroxyl groups is 2. The van der Waals surface area contributed by atoms with Gasteiger partial charge in [0.2, 0.25) is 41.4 Å². The SMILES string of the molecule is CC(C)CC(NC(=O)C(CC(C)C)NC(=O)C(CO)NC(=O)C(C)NC(=O)C(CO)NC(=O)C(CCC(=O)O)NC(=O)C(Cc1c[nH]c2ccccc12)NC(=O)C(N)Cc1cnc[nH]1)C(=O)O. The molecule has 15 N–H and O–H groups in total. The maximum atomic E-state index is 14.0. The molecule has 7 amide bonds. The van der Waals surface area contributed by atoms with E-state index >= 15 is 0 Å². The molecule has 0 fully saturated rings. The van der Waals surface area contributed by atoms with Gasteiger partial charge in [0.25, 0.3) is 0 Å². The number of amides is 7. The minimum atomic E-state index is -1.77. The number of fused-ring (bicyclic) bond motifs is 1. The Hall–Kier alpha value is -6.92. The smallest absolute Gasteiger partial charge is 0.326 e. The third kappa shape index (κ3) is 17.4. The molecular formula is C43H63N11O13. The largest absolute Gasteiger partial charge is 0.481 e. The van der Waals surface area contributed by atoms with Crippen molar-refractivity contribution in [2.75, 3.05) is 13.2 Å². The number of carbonyl (C=O) groups is 9. The summed E-state index contributed by atoms with van der Waals surface area (Å²) < 4.78 is 0. The minimum absolute atomic E-state index is 0.0365. The van der Waals surface area contributed by atoms with E-state index in [0.29, 0.717) is 11.3 Å². The van der Waals surface area contributed by atoms with Crippen LogP contribution in [-0.4, -0.2) is 150 Å². The number of carboxylic acid groups (broad SMARTS) is 2. The fourth-order valence-electron chi connectivity index (χ4n) is 6.82. The van der Waals surface area contributed by atoms with Gasteiger partial charge in [-0.25, -0.2) is 9.78 Å². The van der Waals surface area contributed by atoms with Crippen molar-refractivity contribution in [3.05, 3.63) is 54.2 Å². The molecule has 0 saturated heterocycles. The third-order valence-corrected chi connectivity index (χ3v) is 10.4. The minimum Gasteiger partial charge on any atom is -0.481 e. The summed E-state index contributed by atoms with van der Waals surface area (Å²) in [6.07, 6.45) is 3.50. The highest BCUT2D eigenvalue weighted by Crippen LogP contribution is 2.20. The van der Waals surface area contributed by atoms with Crippen LogP contribution in [0.4, 0.5) is 0 Å². The molecule has 368 valence electrons. The molecule has 0 aliphatic carbocycles. The first-order valence-electron chi connectivity index (χ1n) is 21.7. The topological polar surface area (TPSA) is 389 Å². The number of nitrogens with two attached hydrogens (primary N) is 1. The van der Waals surface area contributed by atoms with Crippen molar-refractivity contribution < 1.29 is 63.6 Å². The van der Waals surface area contributed by atoms with Crippen LogP contribution in [0.25, 0.3) is 10.9 Å². The molecular weight excluding hydrogens is 879 g/mol. The zero-order valence-corrected chi connectivity index (χ0v) is 38.0. The molecule has 0 aliphatic rings. The number of carbonyl (C=O) groups excluding carboxylic acids is 7. The van der Waals surface area contributed by atoms with Gasteiger partial charge in [-0.05, 0) is 49.7 Å². The lowest BCUT2D eigenvalue weighted by Gasteiger charge is -2.26. The van der Waals surface area contributed by atoms with Gasteiger partial charge in [0.1, 0.15) is 42.3 Å². The number of imidazole rings is 1. The molecule has 2 heterocycles. The average molecular weight is 942 g/mol. The van der Waals surface area contributed by atoms with Gasteiger partial charge in [-0.3, -0.25) is 38.4 Å². The van der Waals surface area contributed by atoms with Gasteiger partial charge >= 0.3 is 11.9 Å². The highest BCUT2D eigenvalue weighted by atomic mass is 16.4. The summed E-state index contributed by atoms with van der Waals surface area (Å²) in [5, 5.41) is 56.6. The predicted octanol–water partition coefficient (Wildman–Crippen LogP) is -2.56. The van der Waals surface area contributed by atoms with Crippen LogP contribution >= 0.6 is 0 Å². The molecule has 0 aliphatic heterocycles. The van der Waals surface area contributed by atoms with E-state index < -0.39 is 128 Å². The quantitative estimate of drug-likeness (QED) is 0.0356. The van der Waals surface area contributed by atoms with Gasteiger partial charge in [0.05, 0.1) is 25.6 Å². The first kappa shape index (κ1) is 54.4. The number of H-pyrrole nitrogens is 2. The second kappa shape index (κ2) is 26.3. The summed E-state index contributed by atoms with van der Waals surface area (Å²) in [4.78, 5) is 127. The fraction of sp³-hybridized carbons (Fsp3) is 0.535. The van der Waals surface area contributed by atoms with Crippen LogP contribution in [0.15, 0.2) is 43.0 Å². The lowest BCUT2D eigenvalue weighted by Crippen LogP contribution is -2.61. The molecule has 1 aromatic carbocycles. The number of aromatic amines is 2. The standard InChI is InChI=1S/C43H63N11O13/c1-21(2)12-30(39(62)52-32(43(66)67)13-22(3)4)51-42(65)34(19-56)53-36(59)23(5)48-41(64)33(18-55)54-38(61)29(10-11-35(57)58)49-40(63)31(14-24-16-46-28-9-7-6-8-26(24)28)50-37(60)27(44)15-25-17-45-20-47-25/h6-9,16-17,20-23,27,29-34,46,55-56H,10-15,18-19,44H2,1-5H3,(H,45,47)(H,48,64)(H,49,63)(H,50,60)(H,51,65)(H,52,62)(H,53,59)(H,54,61)(H,57,58)(H,66,67). The Morgan fingerprint density at radius 3 is 1.70 bits per heavy atom. The van der Waals surface area contributed by atoms with E-state index in [2.05, 4.69) is 52.2 Å². The van der Waals surface area contributed by atoms with Crippen molar-refractivity contribution in [2.24, 2.45) is 17.6 Å². The van der Waals surface area contributed by atoms with E-state index in [1.54, 1.807) is 58.2 Å². The maximum absolute atomic E-state index is 14.0. The molecule has 8 unspecified atom stereocenters. The number of rotatable bonds is 28. The van der Waals surface area contributed by atoms with Crippen LogP contribution in [0.2, 0.25) is 0 Å². The number of hydrogen-bond donors (Lipinski definition) is 14. The van der Waals surface area contributed by atoms with Crippen molar-refractivity contribution in [1.82, 2.24) is 52.2 Å². The van der Waals surface area contributed by atoms with Gasteiger partial charge in [0, 0.05) is 48.3 Å². The summed E-state index contributed by atoms with van der Waals surface area (Å²) in [6, 6.07) is -4.36. The Bertz CT molecular complexity index is 2180. The van der Waals surface area contributed by atoms with E-state index in [1.165, 1.54) is 19.4 Å². The summed E-state index contributed by atoms with van der Waals surface area (Å²) in [5.41, 5.74) is 8.04. The summed E-state index contributed by atoms with van der Waals surface area (Å²) in [6.45, 7) is 6.25. The molecule has 8 atom stereocenters.